The van der Waals surface area contributed by atoms with E-state index in [0.717, 1.165) is 4.31 Å². The number of fused-ring (bicyclic) bond motifs is 1. The van der Waals surface area contributed by atoms with Crippen LogP contribution < -0.4 is 13.8 Å². The smallest absolute Gasteiger partial charge is 0.417 e. The second-order valence-electron chi connectivity index (χ2n) is 9.77. The summed E-state index contributed by atoms with van der Waals surface area (Å²) in [5, 5.41) is 9.78. The summed E-state index contributed by atoms with van der Waals surface area (Å²) in [6.45, 7) is 0.493. The Bertz CT molecular complexity index is 1650. The monoisotopic (exact) mass is 658 g/mol. The van der Waals surface area contributed by atoms with E-state index in [4.69, 9.17) is 21.1 Å². The first-order valence-electron chi connectivity index (χ1n) is 13.1. The number of methoxy groups -OCH3 is 1. The molecule has 4 rings (SSSR count). The van der Waals surface area contributed by atoms with Gasteiger partial charge >= 0.3 is 12.1 Å². The number of carbonyl (C=O) groups is 1. The Morgan fingerprint density at radius 2 is 2.00 bits per heavy atom. The molecule has 0 bridgehead atoms. The first-order chi connectivity index (χ1) is 20.7. The molecule has 0 radical (unpaired) electrons. The highest BCUT2D eigenvalue weighted by atomic mass is 35.5. The maximum absolute atomic E-state index is 14.3. The van der Waals surface area contributed by atoms with E-state index in [1.165, 1.54) is 56.5 Å². The van der Waals surface area contributed by atoms with Gasteiger partial charge in [-0.2, -0.15) is 13.2 Å². The van der Waals surface area contributed by atoms with Gasteiger partial charge in [-0.3, -0.25) is 9.10 Å². The summed E-state index contributed by atoms with van der Waals surface area (Å²) < 4.78 is 100. The number of sulfonamides is 1. The normalized spacial score (nSPS) is 15.9. The van der Waals surface area contributed by atoms with E-state index >= 15 is 0 Å². The molecule has 1 aliphatic heterocycles. The van der Waals surface area contributed by atoms with Gasteiger partial charge < -0.3 is 19.3 Å². The number of hydrogen-bond acceptors (Lipinski definition) is 8. The van der Waals surface area contributed by atoms with Crippen LogP contribution in [0.5, 0.6) is 11.6 Å². The number of aromatic nitrogens is 1. The summed E-state index contributed by atoms with van der Waals surface area (Å²) in [7, 11) is -3.66. The summed E-state index contributed by atoms with van der Waals surface area (Å²) in [5.74, 6) is -1.75. The van der Waals surface area contributed by atoms with Crippen LogP contribution in [0.25, 0.3) is 12.2 Å². The van der Waals surface area contributed by atoms with Gasteiger partial charge in [0.2, 0.25) is 5.88 Å². The minimum Gasteiger partial charge on any atom is -0.486 e. The Morgan fingerprint density at radius 1 is 1.25 bits per heavy atom. The molecule has 3 aromatic rings. The third kappa shape index (κ3) is 7.60. The molecular formula is C29H27ClF4N2O7S. The van der Waals surface area contributed by atoms with Crippen molar-refractivity contribution in [3.8, 4) is 11.6 Å². The van der Waals surface area contributed by atoms with Crippen LogP contribution in [0.1, 0.15) is 36.5 Å². The lowest BCUT2D eigenvalue weighted by atomic mass is 10.1. The van der Waals surface area contributed by atoms with Crippen LogP contribution in [0.2, 0.25) is 5.02 Å². The molecule has 2 atom stereocenters. The highest BCUT2D eigenvalue weighted by Crippen LogP contribution is 2.41. The summed E-state index contributed by atoms with van der Waals surface area (Å²) in [4.78, 5) is 14.5. The minimum atomic E-state index is -4.93. The van der Waals surface area contributed by atoms with Crippen molar-refractivity contribution >= 4 is 45.4 Å². The zero-order valence-electron chi connectivity index (χ0n) is 23.3. The number of pyridine rings is 1. The van der Waals surface area contributed by atoms with Gasteiger partial charge in [-0.15, -0.1) is 0 Å². The maximum atomic E-state index is 14.3. The number of alkyl halides is 3. The Morgan fingerprint density at radius 3 is 2.66 bits per heavy atom. The van der Waals surface area contributed by atoms with Crippen molar-refractivity contribution in [1.82, 2.24) is 4.98 Å². The molecule has 2 heterocycles. The van der Waals surface area contributed by atoms with E-state index in [1.54, 1.807) is 6.07 Å². The van der Waals surface area contributed by atoms with Crippen molar-refractivity contribution < 1.29 is 50.1 Å². The molecule has 0 spiro atoms. The fourth-order valence-electron chi connectivity index (χ4n) is 4.24. The van der Waals surface area contributed by atoms with Gasteiger partial charge in [-0.1, -0.05) is 29.8 Å². The third-order valence-corrected chi connectivity index (χ3v) is 8.53. The number of benzene rings is 2. The van der Waals surface area contributed by atoms with Gasteiger partial charge in [-0.05, 0) is 55.3 Å². The molecule has 2 unspecified atom stereocenters. The van der Waals surface area contributed by atoms with Crippen LogP contribution in [-0.4, -0.2) is 56.9 Å². The lowest BCUT2D eigenvalue weighted by molar-refractivity contribution is -0.141. The van der Waals surface area contributed by atoms with Gasteiger partial charge in [0.1, 0.15) is 24.3 Å². The molecule has 0 saturated carbocycles. The quantitative estimate of drug-likeness (QED) is 0.167. The number of esters is 1. The minimum absolute atomic E-state index is 0.0256. The Labute approximate surface area is 255 Å². The number of carbonyl (C=O) groups excluding carboxylic acids is 1. The molecule has 0 saturated heterocycles. The fraction of sp³-hybridized carbons (Fsp3) is 0.310. The third-order valence-electron chi connectivity index (χ3n) is 6.43. The largest absolute Gasteiger partial charge is 0.486 e. The highest BCUT2D eigenvalue weighted by Gasteiger charge is 2.40. The molecule has 44 heavy (non-hydrogen) atoms. The van der Waals surface area contributed by atoms with Crippen molar-refractivity contribution in [1.29, 1.82) is 0 Å². The van der Waals surface area contributed by atoms with Gasteiger partial charge in [-0.25, -0.2) is 17.8 Å². The summed E-state index contributed by atoms with van der Waals surface area (Å²) in [5.41, 5.74) is -0.910. The molecule has 0 amide bonds. The Balaban J connectivity index is 1.82. The van der Waals surface area contributed by atoms with E-state index in [-0.39, 0.29) is 34.9 Å². The molecule has 2 aromatic carbocycles. The van der Waals surface area contributed by atoms with Crippen LogP contribution in [0.3, 0.4) is 0 Å². The van der Waals surface area contributed by atoms with Crippen LogP contribution in [-0.2, 0) is 25.7 Å². The van der Waals surface area contributed by atoms with Gasteiger partial charge in [0.15, 0.2) is 4.90 Å². The summed E-state index contributed by atoms with van der Waals surface area (Å²) in [6, 6.07) is 8.95. The SMILES string of the molecule is COC(=O)CCC1CN(S(=O)(=O)c2cc(C(F)(F)F)cnc2OCC(C)O)c2cc(C=Cc3c(F)cccc3Cl)ccc2O1. The van der Waals surface area contributed by atoms with Crippen LogP contribution >= 0.6 is 11.6 Å². The van der Waals surface area contributed by atoms with Crippen LogP contribution in [0, 0.1) is 5.82 Å². The lowest BCUT2D eigenvalue weighted by Gasteiger charge is -2.36. The Hall–Kier alpha value is -3.88. The number of rotatable bonds is 10. The van der Waals surface area contributed by atoms with Crippen molar-refractivity contribution in [3.05, 3.63) is 76.2 Å². The van der Waals surface area contributed by atoms with E-state index in [2.05, 4.69) is 9.72 Å². The first kappa shape index (κ1) is 33.0. The number of aliphatic hydroxyl groups excluding tert-OH is 1. The van der Waals surface area contributed by atoms with E-state index in [1.807, 2.05) is 0 Å². The number of anilines is 1. The predicted molar refractivity (Wildman–Crippen MR) is 153 cm³/mol. The van der Waals surface area contributed by atoms with Crippen molar-refractivity contribution in [2.24, 2.45) is 0 Å². The maximum Gasteiger partial charge on any atom is 0.417 e. The second-order valence-corrected chi connectivity index (χ2v) is 12.0. The standard InChI is InChI=1S/C29H27ClF4N2O7S/c1-17(37)16-42-28-26(13-19(14-35-28)29(32,33)34)44(39,40)36-15-20(8-11-27(38)41-2)43-25-10-7-18(12-24(25)36)6-9-21-22(30)4-3-5-23(21)31/h3-7,9-10,12-14,17,20,37H,8,11,15-16H2,1-2H3. The van der Waals surface area contributed by atoms with Gasteiger partial charge in [0, 0.05) is 18.2 Å². The zero-order chi connectivity index (χ0) is 32.2. The predicted octanol–water partition coefficient (Wildman–Crippen LogP) is 5.73. The molecule has 15 heteroatoms. The summed E-state index contributed by atoms with van der Waals surface area (Å²) >= 11 is 6.10. The average molecular weight is 659 g/mol. The zero-order valence-corrected chi connectivity index (χ0v) is 24.9. The molecule has 1 aromatic heterocycles. The molecule has 1 aliphatic rings. The van der Waals surface area contributed by atoms with Crippen molar-refractivity contribution in [3.63, 3.8) is 0 Å². The van der Waals surface area contributed by atoms with Gasteiger partial charge in [0.25, 0.3) is 10.0 Å². The fourth-order valence-corrected chi connectivity index (χ4v) is 6.08. The molecule has 0 fully saturated rings. The van der Waals surface area contributed by atoms with Crippen LogP contribution in [0.15, 0.2) is 53.6 Å². The number of hydrogen-bond donors (Lipinski definition) is 1. The molecule has 236 valence electrons. The van der Waals surface area contributed by atoms with Crippen molar-refractivity contribution in [2.75, 3.05) is 24.6 Å². The number of halogens is 5. The topological polar surface area (TPSA) is 115 Å². The molecule has 0 aliphatic carbocycles. The molecule has 1 N–H and O–H groups in total. The molecule has 9 nitrogen and oxygen atoms in total. The molecular weight excluding hydrogens is 632 g/mol. The van der Waals surface area contributed by atoms with Gasteiger partial charge in [0.05, 0.1) is 36.0 Å². The first-order valence-corrected chi connectivity index (χ1v) is 14.9. The van der Waals surface area contributed by atoms with E-state index < -0.39 is 69.7 Å². The number of aliphatic hydroxyl groups is 1. The van der Waals surface area contributed by atoms with Crippen molar-refractivity contribution in [2.45, 2.75) is 43.0 Å². The van der Waals surface area contributed by atoms with E-state index in [9.17, 15) is 35.9 Å². The number of ether oxygens (including phenoxy) is 3. The highest BCUT2D eigenvalue weighted by molar-refractivity contribution is 7.93. The Kier molecular flexibility index (Phi) is 10.1. The van der Waals surface area contributed by atoms with E-state index in [0.29, 0.717) is 17.8 Å². The van der Waals surface area contributed by atoms with Crippen LogP contribution in [0.4, 0.5) is 23.2 Å². The number of nitrogens with zero attached hydrogens (tertiary/aromatic N) is 2. The lowest BCUT2D eigenvalue weighted by Crippen LogP contribution is -2.44. The summed E-state index contributed by atoms with van der Waals surface area (Å²) in [6.07, 6.45) is -3.71. The average Bonchev–Trinajstić information content (AvgIpc) is 2.97. The second kappa shape index (κ2) is 13.4.